The van der Waals surface area contributed by atoms with Gasteiger partial charge in [0.25, 0.3) is 5.91 Å². The van der Waals surface area contributed by atoms with Gasteiger partial charge in [0.1, 0.15) is 5.69 Å². The largest absolute Gasteiger partial charge is 0.378 e. The van der Waals surface area contributed by atoms with E-state index in [2.05, 4.69) is 40.7 Å². The van der Waals surface area contributed by atoms with Crippen LogP contribution in [0.15, 0.2) is 9.73 Å². The van der Waals surface area contributed by atoms with E-state index in [9.17, 15) is 4.79 Å². The van der Waals surface area contributed by atoms with Crippen LogP contribution in [0.1, 0.15) is 54.7 Å². The zero-order valence-electron chi connectivity index (χ0n) is 14.4. The van der Waals surface area contributed by atoms with Gasteiger partial charge in [-0.05, 0) is 61.9 Å². The van der Waals surface area contributed by atoms with Crippen molar-refractivity contribution in [3.8, 4) is 5.82 Å². The van der Waals surface area contributed by atoms with Crippen molar-refractivity contribution in [3.63, 3.8) is 0 Å². The smallest absolute Gasteiger partial charge is 0.292 e. The lowest BCUT2D eigenvalue weighted by Crippen LogP contribution is -2.26. The Hall–Kier alpha value is -2.82. The van der Waals surface area contributed by atoms with Gasteiger partial charge in [-0.25, -0.2) is 10.1 Å². The van der Waals surface area contributed by atoms with Crippen LogP contribution in [0, 0.1) is 0 Å². The van der Waals surface area contributed by atoms with Crippen molar-refractivity contribution in [2.75, 3.05) is 18.8 Å². The van der Waals surface area contributed by atoms with Crippen molar-refractivity contribution in [1.82, 2.24) is 35.6 Å². The molecule has 11 heteroatoms. The molecule has 2 aliphatic rings. The molecule has 1 aliphatic heterocycles. The van der Waals surface area contributed by atoms with Crippen molar-refractivity contribution in [3.05, 3.63) is 11.4 Å². The predicted molar refractivity (Wildman–Crippen MR) is 91.5 cm³/mol. The van der Waals surface area contributed by atoms with Crippen molar-refractivity contribution >= 4 is 17.4 Å². The Morgan fingerprint density at radius 2 is 1.96 bits per heavy atom. The number of nitrogens with zero attached hydrogens (tertiary/aromatic N) is 7. The Bertz CT molecular complexity index is 811. The number of anilines is 1. The molecule has 26 heavy (non-hydrogen) atoms. The van der Waals surface area contributed by atoms with Crippen LogP contribution in [-0.4, -0.2) is 54.9 Å². The number of amides is 1. The lowest BCUT2D eigenvalue weighted by molar-refractivity contribution is 0.0944. The second-order valence-corrected chi connectivity index (χ2v) is 6.58. The number of hydrogen-bond donors (Lipinski definition) is 2. The number of nitrogens with two attached hydrogens (primary N) is 1. The molecule has 3 N–H and O–H groups in total. The summed E-state index contributed by atoms with van der Waals surface area (Å²) in [6, 6.07) is 0. The highest BCUT2D eigenvalue weighted by Gasteiger charge is 2.27. The van der Waals surface area contributed by atoms with Crippen molar-refractivity contribution in [2.45, 2.75) is 45.1 Å². The SMILES string of the molecule is Nc1nonc1-n1nnc(CN2CCCC2)c1C(=O)NN=C1CCCC1. The molecule has 0 bridgehead atoms. The van der Waals surface area contributed by atoms with Gasteiger partial charge in [-0.1, -0.05) is 5.21 Å². The van der Waals surface area contributed by atoms with Crippen LogP contribution < -0.4 is 11.2 Å². The molecule has 1 aliphatic carbocycles. The van der Waals surface area contributed by atoms with Crippen molar-refractivity contribution in [1.29, 1.82) is 0 Å². The zero-order valence-corrected chi connectivity index (χ0v) is 14.4. The maximum atomic E-state index is 12.8. The molecule has 1 amide bonds. The number of rotatable bonds is 5. The summed E-state index contributed by atoms with van der Waals surface area (Å²) in [5.41, 5.74) is 10.2. The van der Waals surface area contributed by atoms with Gasteiger partial charge < -0.3 is 5.73 Å². The van der Waals surface area contributed by atoms with Gasteiger partial charge in [0.15, 0.2) is 5.69 Å². The number of nitrogen functional groups attached to an aromatic ring is 1. The van der Waals surface area contributed by atoms with E-state index in [0.717, 1.165) is 57.3 Å². The van der Waals surface area contributed by atoms with Gasteiger partial charge in [-0.2, -0.15) is 9.78 Å². The second kappa shape index (κ2) is 7.20. The van der Waals surface area contributed by atoms with E-state index < -0.39 is 5.91 Å². The van der Waals surface area contributed by atoms with E-state index in [-0.39, 0.29) is 17.3 Å². The van der Waals surface area contributed by atoms with E-state index in [1.807, 2.05) is 0 Å². The lowest BCUT2D eigenvalue weighted by atomic mass is 10.2. The minimum Gasteiger partial charge on any atom is -0.378 e. The molecule has 11 nitrogen and oxygen atoms in total. The maximum Gasteiger partial charge on any atom is 0.292 e. The second-order valence-electron chi connectivity index (χ2n) is 6.58. The third kappa shape index (κ3) is 3.29. The van der Waals surface area contributed by atoms with Crippen LogP contribution in [0.2, 0.25) is 0 Å². The highest BCUT2D eigenvalue weighted by Crippen LogP contribution is 2.19. The number of hydrogen-bond acceptors (Lipinski definition) is 9. The van der Waals surface area contributed by atoms with Crippen LogP contribution in [0.25, 0.3) is 5.82 Å². The fraction of sp³-hybridized carbons (Fsp3) is 0.600. The van der Waals surface area contributed by atoms with Gasteiger partial charge in [0.05, 0.1) is 0 Å². The Morgan fingerprint density at radius 1 is 1.19 bits per heavy atom. The average Bonchev–Trinajstić information content (AvgIpc) is 3.41. The third-order valence-electron chi connectivity index (χ3n) is 4.72. The fourth-order valence-electron chi connectivity index (χ4n) is 3.36. The Balaban J connectivity index is 1.64. The molecule has 0 radical (unpaired) electrons. The van der Waals surface area contributed by atoms with E-state index in [1.54, 1.807) is 0 Å². The minimum atomic E-state index is -0.397. The maximum absolute atomic E-state index is 12.8. The van der Waals surface area contributed by atoms with E-state index in [4.69, 9.17) is 5.73 Å². The predicted octanol–water partition coefficient (Wildman–Crippen LogP) is 0.488. The molecular weight excluding hydrogens is 338 g/mol. The molecule has 1 saturated heterocycles. The van der Waals surface area contributed by atoms with E-state index >= 15 is 0 Å². The van der Waals surface area contributed by atoms with Crippen LogP contribution in [-0.2, 0) is 6.54 Å². The summed E-state index contributed by atoms with van der Waals surface area (Å²) in [7, 11) is 0. The monoisotopic (exact) mass is 359 g/mol. The van der Waals surface area contributed by atoms with Gasteiger partial charge in [-0.3, -0.25) is 9.69 Å². The molecule has 3 heterocycles. The number of carbonyl (C=O) groups is 1. The topological polar surface area (TPSA) is 140 Å². The molecule has 0 unspecified atom stereocenters. The highest BCUT2D eigenvalue weighted by molar-refractivity contribution is 5.95. The molecule has 2 fully saturated rings. The quantitative estimate of drug-likeness (QED) is 0.735. The summed E-state index contributed by atoms with van der Waals surface area (Å²) in [6.45, 7) is 2.48. The van der Waals surface area contributed by atoms with Gasteiger partial charge in [-0.15, -0.1) is 5.10 Å². The minimum absolute atomic E-state index is 0.0405. The highest BCUT2D eigenvalue weighted by atomic mass is 16.6. The summed E-state index contributed by atoms with van der Waals surface area (Å²) in [6.07, 6.45) is 6.33. The van der Waals surface area contributed by atoms with Crippen LogP contribution in [0.4, 0.5) is 5.82 Å². The van der Waals surface area contributed by atoms with Crippen LogP contribution >= 0.6 is 0 Å². The first-order valence-electron chi connectivity index (χ1n) is 8.83. The summed E-state index contributed by atoms with van der Waals surface area (Å²) < 4.78 is 5.90. The van der Waals surface area contributed by atoms with Crippen LogP contribution in [0.3, 0.4) is 0 Å². The molecule has 138 valence electrons. The summed E-state index contributed by atoms with van der Waals surface area (Å²) >= 11 is 0. The van der Waals surface area contributed by atoms with E-state index in [0.29, 0.717) is 12.2 Å². The van der Waals surface area contributed by atoms with E-state index in [1.165, 1.54) is 4.68 Å². The van der Waals surface area contributed by atoms with Crippen molar-refractivity contribution < 1.29 is 9.42 Å². The average molecular weight is 359 g/mol. The summed E-state index contributed by atoms with van der Waals surface area (Å²) in [5, 5.41) is 19.7. The molecule has 2 aromatic rings. The van der Waals surface area contributed by atoms with Crippen LogP contribution in [0.5, 0.6) is 0 Å². The molecule has 2 aromatic heterocycles. The Morgan fingerprint density at radius 3 is 2.65 bits per heavy atom. The molecule has 4 rings (SSSR count). The van der Waals surface area contributed by atoms with Gasteiger partial charge in [0, 0.05) is 12.3 Å². The zero-order chi connectivity index (χ0) is 17.9. The fourth-order valence-corrected chi connectivity index (χ4v) is 3.36. The number of hydrazone groups is 1. The number of aromatic nitrogens is 5. The Labute approximate surface area is 149 Å². The third-order valence-corrected chi connectivity index (χ3v) is 4.72. The summed E-state index contributed by atoms with van der Waals surface area (Å²) in [5.74, 6) is -0.214. The standard InChI is InChI=1S/C15H21N9O2/c16-13-14(21-26-20-13)24-12(15(25)19-17-10-5-1-2-6-10)11(18-22-24)9-23-7-3-4-8-23/h1-9H2,(H2,16,20)(H,19,25). The molecular formula is C15H21N9O2. The Kier molecular flexibility index (Phi) is 4.61. The first kappa shape index (κ1) is 16.6. The number of likely N-dealkylation sites (tertiary alicyclic amines) is 1. The van der Waals surface area contributed by atoms with Crippen molar-refractivity contribution in [2.24, 2.45) is 5.10 Å². The molecule has 0 aromatic carbocycles. The normalized spacial score (nSPS) is 17.8. The molecule has 0 atom stereocenters. The first-order chi connectivity index (χ1) is 12.7. The number of nitrogens with one attached hydrogen (secondary N) is 1. The van der Waals surface area contributed by atoms with Gasteiger partial charge >= 0.3 is 0 Å². The number of carbonyl (C=O) groups excluding carboxylic acids is 1. The van der Waals surface area contributed by atoms with Gasteiger partial charge in [0.2, 0.25) is 11.6 Å². The molecule has 1 saturated carbocycles. The first-order valence-corrected chi connectivity index (χ1v) is 8.83. The molecule has 0 spiro atoms. The summed E-state index contributed by atoms with van der Waals surface area (Å²) in [4.78, 5) is 15.1. The lowest BCUT2D eigenvalue weighted by Gasteiger charge is -2.13.